The number of ether oxygens (including phenoxy) is 1. The van der Waals surface area contributed by atoms with Gasteiger partial charge in [-0.3, -0.25) is 10.2 Å². The number of rotatable bonds is 6. The van der Waals surface area contributed by atoms with Crippen LogP contribution in [0.25, 0.3) is 0 Å². The van der Waals surface area contributed by atoms with Crippen LogP contribution in [0.3, 0.4) is 0 Å². The van der Waals surface area contributed by atoms with Gasteiger partial charge in [0.25, 0.3) is 5.56 Å². The Morgan fingerprint density at radius 1 is 1.46 bits per heavy atom. The SMILES string of the molecule is COCC(C)(C)CN1Cc2cc(NC(=N)c3c(N)cc[nH]c3=O)ccc2[S+]1[O-]. The van der Waals surface area contributed by atoms with Gasteiger partial charge in [-0.2, -0.15) is 0 Å². The van der Waals surface area contributed by atoms with Crippen LogP contribution in [-0.2, 0) is 22.6 Å². The average molecular weight is 404 g/mol. The van der Waals surface area contributed by atoms with Crippen LogP contribution < -0.4 is 16.6 Å². The van der Waals surface area contributed by atoms with E-state index in [4.69, 9.17) is 15.9 Å². The first kappa shape index (κ1) is 20.4. The van der Waals surface area contributed by atoms with Crippen molar-refractivity contribution in [2.75, 3.05) is 31.3 Å². The summed E-state index contributed by atoms with van der Waals surface area (Å²) in [5.41, 5.74) is 7.17. The Balaban J connectivity index is 1.76. The van der Waals surface area contributed by atoms with Gasteiger partial charge in [-0.05, 0) is 24.3 Å². The summed E-state index contributed by atoms with van der Waals surface area (Å²) < 4.78 is 20.0. The number of benzene rings is 1. The summed E-state index contributed by atoms with van der Waals surface area (Å²) in [4.78, 5) is 15.2. The first-order valence-corrected chi connectivity index (χ1v) is 9.94. The van der Waals surface area contributed by atoms with Gasteiger partial charge in [0.1, 0.15) is 11.4 Å². The molecule has 3 rings (SSSR count). The largest absolute Gasteiger partial charge is 0.593 e. The Bertz CT molecular complexity index is 943. The number of aromatic amines is 1. The first-order valence-electron chi connectivity index (χ1n) is 8.83. The molecular formula is C19H25N5O3S. The first-order chi connectivity index (χ1) is 13.2. The van der Waals surface area contributed by atoms with Gasteiger partial charge in [-0.25, -0.2) is 0 Å². The zero-order chi connectivity index (χ0) is 20.5. The third kappa shape index (κ3) is 4.22. The predicted molar refractivity (Wildman–Crippen MR) is 111 cm³/mol. The quantitative estimate of drug-likeness (QED) is 0.331. The van der Waals surface area contributed by atoms with E-state index >= 15 is 0 Å². The molecule has 150 valence electrons. The summed E-state index contributed by atoms with van der Waals surface area (Å²) in [5, 5.41) is 11.1. The molecule has 1 aliphatic rings. The van der Waals surface area contributed by atoms with Crippen molar-refractivity contribution in [3.05, 3.63) is 51.9 Å². The molecule has 28 heavy (non-hydrogen) atoms. The normalized spacial score (nSPS) is 16.8. The Morgan fingerprint density at radius 3 is 2.89 bits per heavy atom. The zero-order valence-electron chi connectivity index (χ0n) is 16.2. The maximum Gasteiger partial charge on any atom is 0.261 e. The van der Waals surface area contributed by atoms with Crippen molar-refractivity contribution in [3.8, 4) is 0 Å². The number of nitrogens with two attached hydrogens (primary N) is 1. The molecule has 0 saturated carbocycles. The highest BCUT2D eigenvalue weighted by atomic mass is 32.2. The summed E-state index contributed by atoms with van der Waals surface area (Å²) >= 11 is -1.23. The van der Waals surface area contributed by atoms with Crippen LogP contribution in [0.2, 0.25) is 0 Å². The Labute approximate surface area is 166 Å². The van der Waals surface area contributed by atoms with E-state index in [1.807, 2.05) is 10.4 Å². The maximum atomic E-state index is 12.8. The molecule has 0 saturated heterocycles. The molecule has 8 nitrogen and oxygen atoms in total. The van der Waals surface area contributed by atoms with Crippen LogP contribution in [0.4, 0.5) is 11.4 Å². The van der Waals surface area contributed by atoms with Crippen molar-refractivity contribution in [1.82, 2.24) is 9.29 Å². The van der Waals surface area contributed by atoms with Crippen LogP contribution in [0.5, 0.6) is 0 Å². The van der Waals surface area contributed by atoms with Gasteiger partial charge in [0.15, 0.2) is 4.90 Å². The molecule has 5 N–H and O–H groups in total. The molecule has 1 aromatic carbocycles. The molecule has 1 aliphatic heterocycles. The molecule has 9 heteroatoms. The molecule has 1 atom stereocenters. The van der Waals surface area contributed by atoms with Crippen molar-refractivity contribution < 1.29 is 9.29 Å². The monoisotopic (exact) mass is 403 g/mol. The van der Waals surface area contributed by atoms with Gasteiger partial charge in [0.05, 0.1) is 31.1 Å². The molecule has 0 radical (unpaired) electrons. The van der Waals surface area contributed by atoms with Crippen molar-refractivity contribution in [2.24, 2.45) is 5.41 Å². The second-order valence-electron chi connectivity index (χ2n) is 7.60. The lowest BCUT2D eigenvalue weighted by Crippen LogP contribution is -2.37. The lowest BCUT2D eigenvalue weighted by Gasteiger charge is -2.28. The zero-order valence-corrected chi connectivity index (χ0v) is 17.0. The number of nitrogens with one attached hydrogen (secondary N) is 3. The molecule has 1 aromatic heterocycles. The third-order valence-electron chi connectivity index (χ3n) is 4.48. The minimum atomic E-state index is -1.23. The number of aromatic nitrogens is 1. The molecular weight excluding hydrogens is 378 g/mol. The van der Waals surface area contributed by atoms with E-state index in [0.29, 0.717) is 25.4 Å². The van der Waals surface area contributed by atoms with Crippen LogP contribution in [-0.4, -0.2) is 39.9 Å². The Kier molecular flexibility index (Phi) is 5.80. The van der Waals surface area contributed by atoms with Gasteiger partial charge in [-0.1, -0.05) is 13.8 Å². The van der Waals surface area contributed by atoms with Crippen molar-refractivity contribution in [2.45, 2.75) is 25.3 Å². The number of amidine groups is 1. The third-order valence-corrected chi connectivity index (χ3v) is 5.98. The molecule has 0 amide bonds. The van der Waals surface area contributed by atoms with Gasteiger partial charge in [0, 0.05) is 35.7 Å². The maximum absolute atomic E-state index is 12.8. The van der Waals surface area contributed by atoms with Crippen LogP contribution >= 0.6 is 0 Å². The Morgan fingerprint density at radius 2 is 2.21 bits per heavy atom. The number of methoxy groups -OCH3 is 1. The van der Waals surface area contributed by atoms with E-state index in [1.54, 1.807) is 25.3 Å². The fourth-order valence-corrected chi connectivity index (χ4v) is 4.86. The molecule has 0 aliphatic carbocycles. The van der Waals surface area contributed by atoms with Crippen LogP contribution in [0.15, 0.2) is 40.2 Å². The van der Waals surface area contributed by atoms with E-state index in [9.17, 15) is 9.35 Å². The summed E-state index contributed by atoms with van der Waals surface area (Å²) in [6.45, 7) is 5.91. The number of hydrogen-bond donors (Lipinski definition) is 4. The number of anilines is 2. The fraction of sp³-hybridized carbons (Fsp3) is 0.368. The Hall–Kier alpha value is -2.33. The number of H-pyrrole nitrogens is 1. The fourth-order valence-electron chi connectivity index (χ4n) is 3.33. The number of pyridine rings is 1. The molecule has 0 fully saturated rings. The van der Waals surface area contributed by atoms with E-state index in [2.05, 4.69) is 24.1 Å². The van der Waals surface area contributed by atoms with Gasteiger partial charge in [0.2, 0.25) is 0 Å². The smallest absolute Gasteiger partial charge is 0.261 e. The molecule has 1 unspecified atom stereocenters. The average Bonchev–Trinajstić information content (AvgIpc) is 2.89. The standard InChI is InChI=1S/C19H25N5O3S/c1-19(2,11-27-3)10-24-9-12-8-13(4-5-15(12)28(24)26)23-17(21)16-14(20)6-7-22-18(16)25/h4-8H,9-11H2,1-3H3,(H2,21,23)(H3,20,22,25). The van der Waals surface area contributed by atoms with Crippen LogP contribution in [0.1, 0.15) is 25.0 Å². The van der Waals surface area contributed by atoms with E-state index in [-0.39, 0.29) is 22.5 Å². The van der Waals surface area contributed by atoms with Gasteiger partial charge in [-0.15, -0.1) is 4.31 Å². The van der Waals surface area contributed by atoms with Crippen LogP contribution in [0, 0.1) is 10.8 Å². The summed E-state index contributed by atoms with van der Waals surface area (Å²) in [7, 11) is 1.66. The second kappa shape index (κ2) is 7.96. The number of fused-ring (bicyclic) bond motifs is 1. The van der Waals surface area contributed by atoms with Crippen molar-refractivity contribution >= 4 is 28.6 Å². The van der Waals surface area contributed by atoms with E-state index in [0.717, 1.165) is 10.5 Å². The van der Waals surface area contributed by atoms with Crippen molar-refractivity contribution in [1.29, 1.82) is 5.41 Å². The topological polar surface area (TPSA) is 130 Å². The minimum absolute atomic E-state index is 0.0866. The number of hydrogen-bond acceptors (Lipinski definition) is 6. The lowest BCUT2D eigenvalue weighted by molar-refractivity contribution is 0.0890. The molecule has 2 aromatic rings. The highest BCUT2D eigenvalue weighted by Gasteiger charge is 2.37. The van der Waals surface area contributed by atoms with E-state index < -0.39 is 16.9 Å². The molecule has 0 bridgehead atoms. The predicted octanol–water partition coefficient (Wildman–Crippen LogP) is 1.91. The summed E-state index contributed by atoms with van der Waals surface area (Å²) in [5.74, 6) is -0.0866. The van der Waals surface area contributed by atoms with E-state index in [1.165, 1.54) is 6.20 Å². The summed E-state index contributed by atoms with van der Waals surface area (Å²) in [6, 6.07) is 6.95. The van der Waals surface area contributed by atoms with Gasteiger partial charge < -0.3 is 25.3 Å². The van der Waals surface area contributed by atoms with Crippen molar-refractivity contribution in [3.63, 3.8) is 0 Å². The van der Waals surface area contributed by atoms with Gasteiger partial charge >= 0.3 is 0 Å². The highest BCUT2D eigenvalue weighted by molar-refractivity contribution is 7.89. The molecule has 2 heterocycles. The highest BCUT2D eigenvalue weighted by Crippen LogP contribution is 2.34. The number of nitrogens with zero attached hydrogens (tertiary/aromatic N) is 1. The summed E-state index contributed by atoms with van der Waals surface area (Å²) in [6.07, 6.45) is 1.44. The lowest BCUT2D eigenvalue weighted by atomic mass is 9.95. The molecule has 0 spiro atoms. The number of nitrogen functional groups attached to an aromatic ring is 1. The second-order valence-corrected chi connectivity index (χ2v) is 9.06. The minimum Gasteiger partial charge on any atom is -0.593 e.